The standard InChI is InChI=1S/C16H17BrINO/c1-19-16(14-10-12(17)5-8-15(14)18)9-11-3-6-13(20-2)7-4-11/h3-8,10,16,19H,9H2,1-2H3. The Hall–Kier alpha value is -0.590. The van der Waals surface area contributed by atoms with Crippen LogP contribution in [0.3, 0.4) is 0 Å². The number of likely N-dealkylation sites (N-methyl/N-ethyl adjacent to an activating group) is 1. The molecule has 0 amide bonds. The Bertz CT molecular complexity index is 571. The molecule has 2 nitrogen and oxygen atoms in total. The fourth-order valence-corrected chi connectivity index (χ4v) is 3.24. The van der Waals surface area contributed by atoms with Crippen molar-refractivity contribution in [2.24, 2.45) is 0 Å². The molecule has 0 aromatic heterocycles. The second-order valence-electron chi connectivity index (χ2n) is 4.56. The van der Waals surface area contributed by atoms with Crippen molar-refractivity contribution in [1.82, 2.24) is 5.32 Å². The molecule has 106 valence electrons. The predicted octanol–water partition coefficient (Wildman–Crippen LogP) is 4.57. The lowest BCUT2D eigenvalue weighted by Crippen LogP contribution is -2.20. The first-order chi connectivity index (χ1) is 9.63. The third-order valence-corrected chi connectivity index (χ3v) is 4.76. The molecular formula is C16H17BrINO. The molecule has 0 aliphatic carbocycles. The van der Waals surface area contributed by atoms with E-state index in [0.29, 0.717) is 6.04 Å². The highest BCUT2D eigenvalue weighted by Gasteiger charge is 2.13. The summed E-state index contributed by atoms with van der Waals surface area (Å²) in [5.41, 5.74) is 2.61. The SMILES string of the molecule is CNC(Cc1ccc(OC)cc1)c1cc(Br)ccc1I. The zero-order valence-electron chi connectivity index (χ0n) is 11.5. The second-order valence-corrected chi connectivity index (χ2v) is 6.64. The predicted molar refractivity (Wildman–Crippen MR) is 95.4 cm³/mol. The van der Waals surface area contributed by atoms with Gasteiger partial charge in [0.2, 0.25) is 0 Å². The number of hydrogen-bond acceptors (Lipinski definition) is 2. The van der Waals surface area contributed by atoms with E-state index in [2.05, 4.69) is 74.2 Å². The van der Waals surface area contributed by atoms with Crippen molar-refractivity contribution in [2.75, 3.05) is 14.2 Å². The van der Waals surface area contributed by atoms with E-state index >= 15 is 0 Å². The highest BCUT2D eigenvalue weighted by molar-refractivity contribution is 14.1. The second kappa shape index (κ2) is 7.43. The van der Waals surface area contributed by atoms with Crippen LogP contribution in [0.5, 0.6) is 5.75 Å². The molecule has 0 aliphatic rings. The molecule has 0 spiro atoms. The minimum atomic E-state index is 0.299. The quantitative estimate of drug-likeness (QED) is 0.681. The highest BCUT2D eigenvalue weighted by atomic mass is 127. The van der Waals surface area contributed by atoms with Crippen molar-refractivity contribution < 1.29 is 4.74 Å². The van der Waals surface area contributed by atoms with Gasteiger partial charge >= 0.3 is 0 Å². The number of methoxy groups -OCH3 is 1. The van der Waals surface area contributed by atoms with Crippen LogP contribution in [0.25, 0.3) is 0 Å². The Morgan fingerprint density at radius 1 is 1.20 bits per heavy atom. The van der Waals surface area contributed by atoms with E-state index in [9.17, 15) is 0 Å². The Balaban J connectivity index is 2.21. The smallest absolute Gasteiger partial charge is 0.118 e. The molecule has 4 heteroatoms. The molecule has 0 aliphatic heterocycles. The molecule has 1 unspecified atom stereocenters. The van der Waals surface area contributed by atoms with Gasteiger partial charge in [-0.3, -0.25) is 0 Å². The van der Waals surface area contributed by atoms with E-state index in [1.165, 1.54) is 14.7 Å². The minimum absolute atomic E-state index is 0.299. The molecule has 0 bridgehead atoms. The van der Waals surface area contributed by atoms with Gasteiger partial charge in [0.25, 0.3) is 0 Å². The maximum atomic E-state index is 5.20. The van der Waals surface area contributed by atoms with Crippen molar-refractivity contribution in [3.05, 3.63) is 61.6 Å². The molecule has 2 aromatic carbocycles. The van der Waals surface area contributed by atoms with Crippen LogP contribution in [0, 0.1) is 3.57 Å². The minimum Gasteiger partial charge on any atom is -0.497 e. The van der Waals surface area contributed by atoms with Crippen LogP contribution in [-0.2, 0) is 6.42 Å². The number of halogens is 2. The summed E-state index contributed by atoms with van der Waals surface area (Å²) in [5.74, 6) is 0.895. The van der Waals surface area contributed by atoms with Gasteiger partial charge in [-0.25, -0.2) is 0 Å². The largest absolute Gasteiger partial charge is 0.497 e. The van der Waals surface area contributed by atoms with Crippen LogP contribution < -0.4 is 10.1 Å². The Morgan fingerprint density at radius 2 is 1.90 bits per heavy atom. The van der Waals surface area contributed by atoms with Crippen LogP contribution in [-0.4, -0.2) is 14.2 Å². The fraction of sp³-hybridized carbons (Fsp3) is 0.250. The molecule has 0 heterocycles. The van der Waals surface area contributed by atoms with E-state index in [1.54, 1.807) is 7.11 Å². The molecule has 20 heavy (non-hydrogen) atoms. The van der Waals surface area contributed by atoms with Gasteiger partial charge in [-0.05, 0) is 77.5 Å². The van der Waals surface area contributed by atoms with Crippen LogP contribution in [0.4, 0.5) is 0 Å². The Labute approximate surface area is 142 Å². The summed E-state index contributed by atoms with van der Waals surface area (Å²) in [5, 5.41) is 3.41. The van der Waals surface area contributed by atoms with Crippen molar-refractivity contribution >= 4 is 38.5 Å². The van der Waals surface area contributed by atoms with Gasteiger partial charge in [0.05, 0.1) is 7.11 Å². The maximum Gasteiger partial charge on any atom is 0.118 e. The van der Waals surface area contributed by atoms with Crippen molar-refractivity contribution in [2.45, 2.75) is 12.5 Å². The Morgan fingerprint density at radius 3 is 2.50 bits per heavy atom. The lowest BCUT2D eigenvalue weighted by Gasteiger charge is -2.19. The molecule has 0 saturated carbocycles. The topological polar surface area (TPSA) is 21.3 Å². The summed E-state index contributed by atoms with van der Waals surface area (Å²) >= 11 is 5.94. The first-order valence-electron chi connectivity index (χ1n) is 6.39. The van der Waals surface area contributed by atoms with Crippen molar-refractivity contribution in [3.63, 3.8) is 0 Å². The van der Waals surface area contributed by atoms with Gasteiger partial charge in [-0.1, -0.05) is 28.1 Å². The summed E-state index contributed by atoms with van der Waals surface area (Å²) in [4.78, 5) is 0. The monoisotopic (exact) mass is 445 g/mol. The van der Waals surface area contributed by atoms with Gasteiger partial charge in [0.1, 0.15) is 5.75 Å². The normalized spacial score (nSPS) is 12.2. The molecule has 1 N–H and O–H groups in total. The number of nitrogens with one attached hydrogen (secondary N) is 1. The zero-order valence-corrected chi connectivity index (χ0v) is 15.2. The fourth-order valence-electron chi connectivity index (χ4n) is 2.15. The van der Waals surface area contributed by atoms with Gasteiger partial charge in [-0.15, -0.1) is 0 Å². The van der Waals surface area contributed by atoms with Gasteiger partial charge in [0, 0.05) is 14.1 Å². The summed E-state index contributed by atoms with van der Waals surface area (Å²) in [7, 11) is 3.69. The van der Waals surface area contributed by atoms with E-state index in [0.717, 1.165) is 16.6 Å². The van der Waals surface area contributed by atoms with E-state index in [4.69, 9.17) is 4.74 Å². The number of hydrogen-bond donors (Lipinski definition) is 1. The summed E-state index contributed by atoms with van der Waals surface area (Å²) in [6.45, 7) is 0. The average molecular weight is 446 g/mol. The summed E-state index contributed by atoms with van der Waals surface area (Å²) < 4.78 is 7.59. The number of benzene rings is 2. The molecule has 0 radical (unpaired) electrons. The van der Waals surface area contributed by atoms with Crippen LogP contribution in [0.15, 0.2) is 46.9 Å². The van der Waals surface area contributed by atoms with E-state index in [1.807, 2.05) is 19.2 Å². The summed E-state index contributed by atoms with van der Waals surface area (Å²) in [6, 6.07) is 15.0. The number of rotatable bonds is 5. The Kier molecular flexibility index (Phi) is 5.86. The molecule has 2 rings (SSSR count). The third-order valence-electron chi connectivity index (χ3n) is 3.28. The highest BCUT2D eigenvalue weighted by Crippen LogP contribution is 2.27. The first kappa shape index (κ1) is 15.8. The zero-order chi connectivity index (χ0) is 14.5. The van der Waals surface area contributed by atoms with Crippen molar-refractivity contribution in [1.29, 1.82) is 0 Å². The third kappa shape index (κ3) is 3.96. The van der Waals surface area contributed by atoms with Gasteiger partial charge in [-0.2, -0.15) is 0 Å². The first-order valence-corrected chi connectivity index (χ1v) is 8.26. The molecule has 2 aromatic rings. The van der Waals surface area contributed by atoms with E-state index in [-0.39, 0.29) is 0 Å². The maximum absolute atomic E-state index is 5.20. The van der Waals surface area contributed by atoms with Gasteiger partial charge < -0.3 is 10.1 Å². The summed E-state index contributed by atoms with van der Waals surface area (Å²) in [6.07, 6.45) is 0.951. The molecule has 0 saturated heterocycles. The molecule has 1 atom stereocenters. The molecular weight excluding hydrogens is 429 g/mol. The average Bonchev–Trinajstić information content (AvgIpc) is 2.48. The van der Waals surface area contributed by atoms with Crippen LogP contribution in [0.2, 0.25) is 0 Å². The lowest BCUT2D eigenvalue weighted by molar-refractivity contribution is 0.414. The lowest BCUT2D eigenvalue weighted by atomic mass is 9.99. The van der Waals surface area contributed by atoms with E-state index < -0.39 is 0 Å². The van der Waals surface area contributed by atoms with Crippen molar-refractivity contribution in [3.8, 4) is 5.75 Å². The molecule has 0 fully saturated rings. The number of ether oxygens (including phenoxy) is 1. The van der Waals surface area contributed by atoms with Crippen LogP contribution >= 0.6 is 38.5 Å². The van der Waals surface area contributed by atoms with Crippen LogP contribution in [0.1, 0.15) is 17.2 Å². The van der Waals surface area contributed by atoms with Gasteiger partial charge in [0.15, 0.2) is 0 Å².